The molecule has 9 heteroatoms. The van der Waals surface area contributed by atoms with Crippen molar-refractivity contribution in [2.75, 3.05) is 18.4 Å². The van der Waals surface area contributed by atoms with E-state index in [4.69, 9.17) is 0 Å². The van der Waals surface area contributed by atoms with Gasteiger partial charge < -0.3 is 9.88 Å². The molecule has 30 heavy (non-hydrogen) atoms. The van der Waals surface area contributed by atoms with Crippen LogP contribution in [0.2, 0.25) is 0 Å². The van der Waals surface area contributed by atoms with Crippen LogP contribution in [0.25, 0.3) is 0 Å². The average Bonchev–Trinajstić information content (AvgIpc) is 3.17. The third-order valence-corrected chi connectivity index (χ3v) is 6.94. The standard InChI is InChI=1S/C21H24FN5O2S/c1-15-10-19(25-18-7-5-17(22)6-8-18)11-20(24-15)16-4-3-9-27(12-16)30(28,29)21-13-26(2)14-23-21/h5-8,10-11,13-14,16H,3-4,9,12H2,1-2H3,(H,24,25)/t16-/m0/s1. The van der Waals surface area contributed by atoms with Crippen LogP contribution in [0.1, 0.15) is 30.1 Å². The van der Waals surface area contributed by atoms with Gasteiger partial charge in [-0.15, -0.1) is 0 Å². The molecular weight excluding hydrogens is 405 g/mol. The molecule has 1 saturated heterocycles. The van der Waals surface area contributed by atoms with E-state index in [1.807, 2.05) is 19.1 Å². The van der Waals surface area contributed by atoms with Crippen molar-refractivity contribution >= 4 is 21.4 Å². The summed E-state index contributed by atoms with van der Waals surface area (Å²) in [7, 11) is -1.89. The lowest BCUT2D eigenvalue weighted by atomic mass is 9.95. The first-order valence-corrected chi connectivity index (χ1v) is 11.2. The SMILES string of the molecule is Cc1cc(Nc2ccc(F)cc2)cc([C@H]2CCCN(S(=O)(=O)c3cn(C)cn3)C2)n1. The van der Waals surface area contributed by atoms with Crippen LogP contribution in [0.4, 0.5) is 15.8 Å². The van der Waals surface area contributed by atoms with Crippen LogP contribution in [0, 0.1) is 12.7 Å². The first-order valence-electron chi connectivity index (χ1n) is 9.80. The number of benzene rings is 1. The number of aromatic nitrogens is 3. The fourth-order valence-corrected chi connectivity index (χ4v) is 5.22. The lowest BCUT2D eigenvalue weighted by Crippen LogP contribution is -2.39. The second-order valence-electron chi connectivity index (χ2n) is 7.63. The monoisotopic (exact) mass is 429 g/mol. The maximum atomic E-state index is 13.2. The molecule has 0 aliphatic carbocycles. The van der Waals surface area contributed by atoms with E-state index in [1.54, 1.807) is 23.7 Å². The van der Waals surface area contributed by atoms with Gasteiger partial charge in [0.05, 0.1) is 6.33 Å². The Kier molecular flexibility index (Phi) is 5.57. The summed E-state index contributed by atoms with van der Waals surface area (Å²) in [6.07, 6.45) is 4.63. The van der Waals surface area contributed by atoms with E-state index < -0.39 is 10.0 Å². The van der Waals surface area contributed by atoms with Crippen molar-refractivity contribution in [1.82, 2.24) is 18.8 Å². The molecule has 1 atom stereocenters. The highest BCUT2D eigenvalue weighted by Gasteiger charge is 2.33. The molecule has 0 bridgehead atoms. The molecule has 158 valence electrons. The Balaban J connectivity index is 1.56. The Morgan fingerprint density at radius 2 is 1.93 bits per heavy atom. The minimum Gasteiger partial charge on any atom is -0.355 e. The van der Waals surface area contributed by atoms with Gasteiger partial charge in [0.1, 0.15) is 5.82 Å². The molecule has 3 aromatic rings. The van der Waals surface area contributed by atoms with Crippen molar-refractivity contribution in [3.05, 3.63) is 66.1 Å². The second-order valence-corrected chi connectivity index (χ2v) is 9.52. The maximum Gasteiger partial charge on any atom is 0.262 e. The van der Waals surface area contributed by atoms with Crippen LogP contribution >= 0.6 is 0 Å². The summed E-state index contributed by atoms with van der Waals surface area (Å²) >= 11 is 0. The normalized spacial score (nSPS) is 17.8. The topological polar surface area (TPSA) is 80.1 Å². The number of anilines is 2. The van der Waals surface area contributed by atoms with Crippen molar-refractivity contribution in [1.29, 1.82) is 0 Å². The summed E-state index contributed by atoms with van der Waals surface area (Å²) in [5, 5.41) is 3.34. The van der Waals surface area contributed by atoms with Gasteiger partial charge in [0, 0.05) is 55.0 Å². The van der Waals surface area contributed by atoms with Crippen molar-refractivity contribution in [3.8, 4) is 0 Å². The molecule has 0 spiro atoms. The molecule has 3 heterocycles. The smallest absolute Gasteiger partial charge is 0.262 e. The maximum absolute atomic E-state index is 13.2. The molecule has 1 aromatic carbocycles. The number of hydrogen-bond acceptors (Lipinski definition) is 5. The quantitative estimate of drug-likeness (QED) is 0.671. The molecule has 2 aromatic heterocycles. The van der Waals surface area contributed by atoms with Gasteiger partial charge in [-0.2, -0.15) is 4.31 Å². The molecule has 1 aliphatic heterocycles. The second kappa shape index (κ2) is 8.16. The third kappa shape index (κ3) is 4.36. The number of piperidine rings is 1. The van der Waals surface area contributed by atoms with E-state index in [0.29, 0.717) is 13.1 Å². The first kappa shape index (κ1) is 20.5. The Hall–Kier alpha value is -2.78. The number of rotatable bonds is 5. The van der Waals surface area contributed by atoms with E-state index in [2.05, 4.69) is 15.3 Å². The van der Waals surface area contributed by atoms with Crippen molar-refractivity contribution in [2.45, 2.75) is 30.7 Å². The van der Waals surface area contributed by atoms with Crippen LogP contribution in [-0.4, -0.2) is 40.3 Å². The van der Waals surface area contributed by atoms with Gasteiger partial charge in [-0.05, 0) is 56.2 Å². The number of nitrogens with one attached hydrogen (secondary N) is 1. The molecule has 1 aliphatic rings. The molecule has 0 amide bonds. The fourth-order valence-electron chi connectivity index (χ4n) is 3.73. The van der Waals surface area contributed by atoms with Crippen molar-refractivity contribution in [2.24, 2.45) is 7.05 Å². The Morgan fingerprint density at radius 1 is 1.17 bits per heavy atom. The molecule has 4 rings (SSSR count). The largest absolute Gasteiger partial charge is 0.355 e. The van der Waals surface area contributed by atoms with Crippen molar-refractivity contribution < 1.29 is 12.8 Å². The summed E-state index contributed by atoms with van der Waals surface area (Å²) in [6.45, 7) is 2.75. The number of imidazole rings is 1. The summed E-state index contributed by atoms with van der Waals surface area (Å²) < 4.78 is 42.2. The van der Waals surface area contributed by atoms with Crippen LogP contribution in [-0.2, 0) is 17.1 Å². The van der Waals surface area contributed by atoms with Crippen LogP contribution in [0.5, 0.6) is 0 Å². The summed E-state index contributed by atoms with van der Waals surface area (Å²) in [4.78, 5) is 8.69. The lowest BCUT2D eigenvalue weighted by Gasteiger charge is -2.31. The molecule has 1 N–H and O–H groups in total. The molecule has 0 saturated carbocycles. The highest BCUT2D eigenvalue weighted by atomic mass is 32.2. The zero-order chi connectivity index (χ0) is 21.3. The fraction of sp³-hybridized carbons (Fsp3) is 0.333. The number of aryl methyl sites for hydroxylation is 2. The lowest BCUT2D eigenvalue weighted by molar-refractivity contribution is 0.312. The Bertz CT molecular complexity index is 1140. The number of nitrogens with zero attached hydrogens (tertiary/aromatic N) is 4. The van der Waals surface area contributed by atoms with E-state index in [9.17, 15) is 12.8 Å². The first-order chi connectivity index (χ1) is 14.3. The zero-order valence-electron chi connectivity index (χ0n) is 16.9. The van der Waals surface area contributed by atoms with Gasteiger partial charge >= 0.3 is 0 Å². The highest BCUT2D eigenvalue weighted by molar-refractivity contribution is 7.89. The van der Waals surface area contributed by atoms with Crippen LogP contribution in [0.15, 0.2) is 53.9 Å². The number of sulfonamides is 1. The van der Waals surface area contributed by atoms with Crippen LogP contribution in [0.3, 0.4) is 0 Å². The molecule has 0 unspecified atom stereocenters. The number of halogens is 1. The highest BCUT2D eigenvalue weighted by Crippen LogP contribution is 2.31. The summed E-state index contributed by atoms with van der Waals surface area (Å²) in [5.41, 5.74) is 3.30. The van der Waals surface area contributed by atoms with Crippen molar-refractivity contribution in [3.63, 3.8) is 0 Å². The minimum atomic E-state index is -3.63. The summed E-state index contributed by atoms with van der Waals surface area (Å²) in [5.74, 6) is -0.297. The third-order valence-electron chi connectivity index (χ3n) is 5.19. The molecule has 1 fully saturated rings. The minimum absolute atomic E-state index is 0.00842. The van der Waals surface area contributed by atoms with E-state index in [1.165, 1.54) is 29.0 Å². The van der Waals surface area contributed by atoms with Gasteiger partial charge in [0.25, 0.3) is 10.0 Å². The van der Waals surface area contributed by atoms with Gasteiger partial charge in [0.2, 0.25) is 0 Å². The van der Waals surface area contributed by atoms with Gasteiger partial charge in [-0.25, -0.2) is 17.8 Å². The van der Waals surface area contributed by atoms with Gasteiger partial charge in [-0.3, -0.25) is 4.98 Å². The van der Waals surface area contributed by atoms with Gasteiger partial charge in [0.15, 0.2) is 5.03 Å². The predicted octanol–water partition coefficient (Wildman–Crippen LogP) is 3.57. The summed E-state index contributed by atoms with van der Waals surface area (Å²) in [6, 6.07) is 10.0. The molecule has 0 radical (unpaired) electrons. The average molecular weight is 430 g/mol. The number of hydrogen-bond donors (Lipinski definition) is 1. The molecular formula is C21H24FN5O2S. The zero-order valence-corrected chi connectivity index (χ0v) is 17.7. The predicted molar refractivity (Wildman–Crippen MR) is 113 cm³/mol. The Labute approximate surface area is 175 Å². The Morgan fingerprint density at radius 3 is 2.63 bits per heavy atom. The molecule has 7 nitrogen and oxygen atoms in total. The van der Waals surface area contributed by atoms with Gasteiger partial charge in [-0.1, -0.05) is 0 Å². The number of pyridine rings is 1. The van der Waals surface area contributed by atoms with E-state index in [0.717, 1.165) is 35.6 Å². The van der Waals surface area contributed by atoms with Crippen LogP contribution < -0.4 is 5.32 Å². The van der Waals surface area contributed by atoms with E-state index in [-0.39, 0.29) is 16.8 Å². The van der Waals surface area contributed by atoms with E-state index >= 15 is 0 Å².